The van der Waals surface area contributed by atoms with Crippen molar-refractivity contribution < 1.29 is 4.79 Å². The molecule has 0 amide bonds. The fourth-order valence-corrected chi connectivity index (χ4v) is 4.56. The molecule has 4 aromatic carbocycles. The number of nitrogens with zero attached hydrogens (tertiary/aromatic N) is 1. The number of hydrogen-bond acceptors (Lipinski definition) is 1. The molecule has 0 aliphatic carbocycles. The predicted octanol–water partition coefficient (Wildman–Crippen LogP) is 7.27. The topological polar surface area (TPSA) is 22.0 Å². The van der Waals surface area contributed by atoms with Gasteiger partial charge in [0.2, 0.25) is 0 Å². The lowest BCUT2D eigenvalue weighted by Crippen LogP contribution is -2.05. The highest BCUT2D eigenvalue weighted by molar-refractivity contribution is 6.14. The number of ketones is 1. The van der Waals surface area contributed by atoms with E-state index in [1.807, 2.05) is 72.8 Å². The van der Waals surface area contributed by atoms with Crippen molar-refractivity contribution in [2.45, 2.75) is 13.3 Å². The van der Waals surface area contributed by atoms with Crippen LogP contribution < -0.4 is 0 Å². The summed E-state index contributed by atoms with van der Waals surface area (Å²) in [6, 6.07) is 40.6. The average Bonchev–Trinajstić information content (AvgIpc) is 3.17. The zero-order valence-electron chi connectivity index (χ0n) is 18.6. The third-order valence-electron chi connectivity index (χ3n) is 6.06. The van der Waals surface area contributed by atoms with E-state index in [4.69, 9.17) is 0 Å². The Kier molecular flexibility index (Phi) is 5.73. The number of benzene rings is 4. The molecule has 0 saturated heterocycles. The molecule has 0 atom stereocenters. The molecule has 0 N–H and O–H groups in total. The van der Waals surface area contributed by atoms with E-state index in [9.17, 15) is 4.79 Å². The highest BCUT2D eigenvalue weighted by Crippen LogP contribution is 2.37. The molecule has 0 fully saturated rings. The van der Waals surface area contributed by atoms with Crippen molar-refractivity contribution in [2.24, 2.45) is 0 Å². The highest BCUT2D eigenvalue weighted by Gasteiger charge is 2.27. The summed E-state index contributed by atoms with van der Waals surface area (Å²) in [6.07, 6.45) is 0.725. The molecular formula is C31H25NO. The molecule has 33 heavy (non-hydrogen) atoms. The van der Waals surface area contributed by atoms with Crippen LogP contribution in [0.1, 0.15) is 32.9 Å². The van der Waals surface area contributed by atoms with Gasteiger partial charge in [-0.05, 0) is 30.2 Å². The van der Waals surface area contributed by atoms with Gasteiger partial charge in [0.1, 0.15) is 0 Å². The van der Waals surface area contributed by atoms with Crippen molar-refractivity contribution in [1.29, 1.82) is 0 Å². The third-order valence-corrected chi connectivity index (χ3v) is 6.06. The molecule has 0 spiro atoms. The second-order valence-electron chi connectivity index (χ2n) is 8.18. The Morgan fingerprint density at radius 1 is 0.667 bits per heavy atom. The molecule has 0 bridgehead atoms. The van der Waals surface area contributed by atoms with Crippen LogP contribution >= 0.6 is 0 Å². The first-order valence-electron chi connectivity index (χ1n) is 11.2. The summed E-state index contributed by atoms with van der Waals surface area (Å²) in [4.78, 5) is 13.9. The maximum Gasteiger partial charge on any atom is 0.195 e. The monoisotopic (exact) mass is 427 g/mol. The summed E-state index contributed by atoms with van der Waals surface area (Å²) in [5.41, 5.74) is 7.88. The van der Waals surface area contributed by atoms with Crippen LogP contribution in [0.25, 0.3) is 16.8 Å². The molecule has 5 aromatic rings. The molecule has 0 saturated carbocycles. The van der Waals surface area contributed by atoms with Crippen molar-refractivity contribution in [3.05, 3.63) is 149 Å². The van der Waals surface area contributed by atoms with Crippen molar-refractivity contribution >= 4 is 5.78 Å². The van der Waals surface area contributed by atoms with E-state index in [1.165, 1.54) is 5.56 Å². The van der Waals surface area contributed by atoms with E-state index in [-0.39, 0.29) is 5.78 Å². The van der Waals surface area contributed by atoms with Crippen LogP contribution in [0.5, 0.6) is 0 Å². The largest absolute Gasteiger partial charge is 0.316 e. The molecule has 1 aromatic heterocycles. The lowest BCUT2D eigenvalue weighted by molar-refractivity contribution is 0.103. The minimum atomic E-state index is 0.0518. The smallest absolute Gasteiger partial charge is 0.195 e. The van der Waals surface area contributed by atoms with Gasteiger partial charge in [0.15, 0.2) is 5.78 Å². The number of hydrogen-bond donors (Lipinski definition) is 0. The summed E-state index contributed by atoms with van der Waals surface area (Å²) in [7, 11) is 0. The molecular weight excluding hydrogens is 402 g/mol. The Bertz CT molecular complexity index is 1370. The van der Waals surface area contributed by atoms with Crippen LogP contribution in [0.4, 0.5) is 0 Å². The Morgan fingerprint density at radius 2 is 1.18 bits per heavy atom. The van der Waals surface area contributed by atoms with Crippen LogP contribution in [0, 0.1) is 6.92 Å². The molecule has 0 unspecified atom stereocenters. The van der Waals surface area contributed by atoms with Gasteiger partial charge in [-0.15, -0.1) is 0 Å². The molecule has 2 heteroatoms. The van der Waals surface area contributed by atoms with Gasteiger partial charge in [-0.3, -0.25) is 4.79 Å². The van der Waals surface area contributed by atoms with E-state index in [1.54, 1.807) is 0 Å². The SMILES string of the molecule is Cc1c(C(=O)c2ccccc2)c(-c2ccccc2)c(Cc2ccccc2)n1-c1ccccc1. The van der Waals surface area contributed by atoms with Gasteiger partial charge in [-0.2, -0.15) is 0 Å². The van der Waals surface area contributed by atoms with E-state index in [0.717, 1.165) is 40.2 Å². The van der Waals surface area contributed by atoms with Gasteiger partial charge >= 0.3 is 0 Å². The maximum absolute atomic E-state index is 13.9. The van der Waals surface area contributed by atoms with Crippen LogP contribution in [-0.4, -0.2) is 10.4 Å². The minimum Gasteiger partial charge on any atom is -0.316 e. The van der Waals surface area contributed by atoms with E-state index < -0.39 is 0 Å². The van der Waals surface area contributed by atoms with Crippen LogP contribution in [0.15, 0.2) is 121 Å². The summed E-state index contributed by atoms with van der Waals surface area (Å²) in [5.74, 6) is 0.0518. The summed E-state index contributed by atoms with van der Waals surface area (Å²) in [6.45, 7) is 2.06. The van der Waals surface area contributed by atoms with Gasteiger partial charge in [-0.25, -0.2) is 0 Å². The van der Waals surface area contributed by atoms with Gasteiger partial charge < -0.3 is 4.57 Å². The lowest BCUT2D eigenvalue weighted by atomic mass is 9.93. The first-order valence-corrected chi connectivity index (χ1v) is 11.2. The van der Waals surface area contributed by atoms with Crippen molar-refractivity contribution in [3.8, 4) is 16.8 Å². The molecule has 160 valence electrons. The van der Waals surface area contributed by atoms with Gasteiger partial charge in [0, 0.05) is 34.6 Å². The minimum absolute atomic E-state index is 0.0518. The van der Waals surface area contributed by atoms with Gasteiger partial charge in [0.05, 0.1) is 5.56 Å². The third kappa shape index (κ3) is 4.04. The first-order chi connectivity index (χ1) is 16.2. The lowest BCUT2D eigenvalue weighted by Gasteiger charge is -2.14. The zero-order chi connectivity index (χ0) is 22.6. The fraction of sp³-hybridized carbons (Fsp3) is 0.0645. The standard InChI is InChI=1S/C31H25NO/c1-23-29(31(33)26-18-10-4-11-19-26)30(25-16-8-3-9-17-25)28(22-24-14-6-2-7-15-24)32(23)27-20-12-5-13-21-27/h2-21H,22H2,1H3. The molecule has 2 nitrogen and oxygen atoms in total. The van der Waals surface area contributed by atoms with Crippen LogP contribution in [-0.2, 0) is 6.42 Å². The number of para-hydroxylation sites is 1. The van der Waals surface area contributed by atoms with Crippen molar-refractivity contribution in [2.75, 3.05) is 0 Å². The zero-order valence-corrected chi connectivity index (χ0v) is 18.6. The molecule has 0 aliphatic rings. The molecule has 1 heterocycles. The number of aromatic nitrogens is 1. The fourth-order valence-electron chi connectivity index (χ4n) is 4.56. The van der Waals surface area contributed by atoms with Crippen molar-refractivity contribution in [1.82, 2.24) is 4.57 Å². The number of rotatable bonds is 6. The van der Waals surface area contributed by atoms with E-state index in [2.05, 4.69) is 60.0 Å². The Balaban J connectivity index is 1.83. The van der Waals surface area contributed by atoms with Crippen molar-refractivity contribution in [3.63, 3.8) is 0 Å². The van der Waals surface area contributed by atoms with E-state index in [0.29, 0.717) is 5.56 Å². The Hall–Kier alpha value is -4.17. The normalized spacial score (nSPS) is 10.8. The first kappa shape index (κ1) is 20.7. The van der Waals surface area contributed by atoms with E-state index >= 15 is 0 Å². The van der Waals surface area contributed by atoms with Gasteiger partial charge in [0.25, 0.3) is 0 Å². The van der Waals surface area contributed by atoms with Crippen LogP contribution in [0.3, 0.4) is 0 Å². The van der Waals surface area contributed by atoms with Gasteiger partial charge in [-0.1, -0.05) is 109 Å². The molecule has 0 aliphatic heterocycles. The summed E-state index contributed by atoms with van der Waals surface area (Å²) in [5, 5.41) is 0. The number of carbonyl (C=O) groups is 1. The Morgan fingerprint density at radius 3 is 1.79 bits per heavy atom. The summed E-state index contributed by atoms with van der Waals surface area (Å²) >= 11 is 0. The Labute approximate surface area is 194 Å². The second-order valence-corrected chi connectivity index (χ2v) is 8.18. The average molecular weight is 428 g/mol. The molecule has 0 radical (unpaired) electrons. The van der Waals surface area contributed by atoms with Crippen LogP contribution in [0.2, 0.25) is 0 Å². The second kappa shape index (κ2) is 9.13. The number of carbonyl (C=O) groups excluding carboxylic acids is 1. The maximum atomic E-state index is 13.9. The highest BCUT2D eigenvalue weighted by atomic mass is 16.1. The predicted molar refractivity (Wildman–Crippen MR) is 135 cm³/mol. The quantitative estimate of drug-likeness (QED) is 0.261. The molecule has 5 rings (SSSR count). The summed E-state index contributed by atoms with van der Waals surface area (Å²) < 4.78 is 2.26.